The fraction of sp³-hybridized carbons (Fsp3) is 0.538. The quantitative estimate of drug-likeness (QED) is 0.710. The number of hydrogen-bond acceptors (Lipinski definition) is 4. The van der Waals surface area contributed by atoms with Crippen molar-refractivity contribution < 1.29 is 14.6 Å². The molecule has 0 spiro atoms. The van der Waals surface area contributed by atoms with Gasteiger partial charge in [0.15, 0.2) is 0 Å². The molecule has 0 aliphatic rings. The van der Waals surface area contributed by atoms with Crippen molar-refractivity contribution in [3.05, 3.63) is 28.8 Å². The molecule has 2 N–H and O–H groups in total. The molecule has 5 heteroatoms. The zero-order chi connectivity index (χ0) is 13.4. The van der Waals surface area contributed by atoms with E-state index in [0.717, 1.165) is 12.1 Å². The van der Waals surface area contributed by atoms with Gasteiger partial charge in [-0.25, -0.2) is 0 Å². The number of ether oxygens (including phenoxy) is 2. The zero-order valence-corrected chi connectivity index (χ0v) is 11.5. The largest absolute Gasteiger partial charge is 0.495 e. The lowest BCUT2D eigenvalue weighted by atomic mass is 10.2. The number of aliphatic hydroxyl groups excluding tert-OH is 1. The van der Waals surface area contributed by atoms with Crippen LogP contribution in [0.5, 0.6) is 5.75 Å². The predicted octanol–water partition coefficient (Wildman–Crippen LogP) is 1.84. The van der Waals surface area contributed by atoms with Crippen LogP contribution in [0.15, 0.2) is 18.2 Å². The number of aliphatic hydroxyl groups is 1. The Balaban J connectivity index is 2.29. The third-order valence-corrected chi connectivity index (χ3v) is 2.85. The molecule has 0 aliphatic carbocycles. The molecule has 1 aromatic carbocycles. The molecule has 0 radical (unpaired) electrons. The maximum Gasteiger partial charge on any atom is 0.137 e. The van der Waals surface area contributed by atoms with Crippen LogP contribution in [0.25, 0.3) is 0 Å². The highest BCUT2D eigenvalue weighted by atomic mass is 35.5. The van der Waals surface area contributed by atoms with Crippen molar-refractivity contribution >= 4 is 11.6 Å². The van der Waals surface area contributed by atoms with Crippen molar-refractivity contribution in [2.24, 2.45) is 0 Å². The van der Waals surface area contributed by atoms with Gasteiger partial charge in [-0.2, -0.15) is 0 Å². The maximum atomic E-state index is 9.46. The molecule has 0 saturated heterocycles. The van der Waals surface area contributed by atoms with E-state index in [9.17, 15) is 5.11 Å². The molecule has 1 rings (SSSR count). The molecular formula is C13H20ClNO3. The van der Waals surface area contributed by atoms with Crippen molar-refractivity contribution in [3.8, 4) is 5.75 Å². The van der Waals surface area contributed by atoms with Gasteiger partial charge < -0.3 is 19.9 Å². The fourth-order valence-electron chi connectivity index (χ4n) is 1.60. The molecule has 18 heavy (non-hydrogen) atoms. The SMILES string of the molecule is COCC(O)CCNCc1ccc(OC)c(Cl)c1. The van der Waals surface area contributed by atoms with E-state index in [1.807, 2.05) is 18.2 Å². The first kappa shape index (κ1) is 15.2. The summed E-state index contributed by atoms with van der Waals surface area (Å²) in [5.41, 5.74) is 1.09. The number of hydrogen-bond donors (Lipinski definition) is 2. The summed E-state index contributed by atoms with van der Waals surface area (Å²) in [6.45, 7) is 1.81. The van der Waals surface area contributed by atoms with Gasteiger partial charge in [0.25, 0.3) is 0 Å². The average Bonchev–Trinajstić information content (AvgIpc) is 2.35. The number of halogens is 1. The van der Waals surface area contributed by atoms with E-state index in [1.165, 1.54) is 0 Å². The van der Waals surface area contributed by atoms with Crippen LogP contribution in [0.4, 0.5) is 0 Å². The minimum atomic E-state index is -0.415. The summed E-state index contributed by atoms with van der Waals surface area (Å²) in [4.78, 5) is 0. The molecule has 0 heterocycles. The Morgan fingerprint density at radius 1 is 1.39 bits per heavy atom. The summed E-state index contributed by atoms with van der Waals surface area (Å²) in [7, 11) is 3.17. The van der Waals surface area contributed by atoms with E-state index in [0.29, 0.717) is 30.3 Å². The first-order valence-electron chi connectivity index (χ1n) is 5.87. The monoisotopic (exact) mass is 273 g/mol. The zero-order valence-electron chi connectivity index (χ0n) is 10.8. The summed E-state index contributed by atoms with van der Waals surface area (Å²) in [6, 6.07) is 5.68. The molecular weight excluding hydrogens is 254 g/mol. The number of nitrogens with one attached hydrogen (secondary N) is 1. The second-order valence-electron chi connectivity index (χ2n) is 4.04. The third kappa shape index (κ3) is 5.23. The van der Waals surface area contributed by atoms with Gasteiger partial charge in [0.05, 0.1) is 24.8 Å². The lowest BCUT2D eigenvalue weighted by Crippen LogP contribution is -2.23. The summed E-state index contributed by atoms with van der Waals surface area (Å²) in [5.74, 6) is 0.677. The molecule has 4 nitrogen and oxygen atoms in total. The Labute approximate surface area is 113 Å². The van der Waals surface area contributed by atoms with Crippen LogP contribution in [0.3, 0.4) is 0 Å². The van der Waals surface area contributed by atoms with Crippen LogP contribution in [0.1, 0.15) is 12.0 Å². The first-order chi connectivity index (χ1) is 8.67. The van der Waals surface area contributed by atoms with Crippen molar-refractivity contribution in [1.82, 2.24) is 5.32 Å². The summed E-state index contributed by atoms with van der Waals surface area (Å²) >= 11 is 6.02. The highest BCUT2D eigenvalue weighted by Crippen LogP contribution is 2.24. The molecule has 1 unspecified atom stereocenters. The molecule has 1 aromatic rings. The van der Waals surface area contributed by atoms with E-state index < -0.39 is 6.10 Å². The van der Waals surface area contributed by atoms with E-state index in [2.05, 4.69) is 5.32 Å². The minimum absolute atomic E-state index is 0.371. The van der Waals surface area contributed by atoms with Gasteiger partial charge in [-0.15, -0.1) is 0 Å². The van der Waals surface area contributed by atoms with E-state index in [1.54, 1.807) is 14.2 Å². The summed E-state index contributed by atoms with van der Waals surface area (Å²) < 4.78 is 9.94. The van der Waals surface area contributed by atoms with E-state index in [-0.39, 0.29) is 0 Å². The van der Waals surface area contributed by atoms with E-state index >= 15 is 0 Å². The first-order valence-corrected chi connectivity index (χ1v) is 6.25. The van der Waals surface area contributed by atoms with Gasteiger partial charge in [-0.1, -0.05) is 17.7 Å². The summed E-state index contributed by atoms with van der Waals surface area (Å²) in [6.07, 6.45) is 0.250. The molecule has 0 amide bonds. The molecule has 0 fully saturated rings. The van der Waals surface area contributed by atoms with E-state index in [4.69, 9.17) is 21.1 Å². The van der Waals surface area contributed by atoms with Crippen LogP contribution < -0.4 is 10.1 Å². The van der Waals surface area contributed by atoms with Crippen molar-refractivity contribution in [1.29, 1.82) is 0 Å². The minimum Gasteiger partial charge on any atom is -0.495 e. The van der Waals surface area contributed by atoms with Gasteiger partial charge >= 0.3 is 0 Å². The highest BCUT2D eigenvalue weighted by Gasteiger charge is 2.04. The van der Waals surface area contributed by atoms with Crippen LogP contribution in [-0.4, -0.2) is 38.6 Å². The Hall–Kier alpha value is -0.810. The van der Waals surface area contributed by atoms with Gasteiger partial charge in [-0.3, -0.25) is 0 Å². The second-order valence-corrected chi connectivity index (χ2v) is 4.45. The molecule has 1 atom stereocenters. The molecule has 0 saturated carbocycles. The third-order valence-electron chi connectivity index (χ3n) is 2.56. The second kappa shape index (κ2) is 8.32. The number of benzene rings is 1. The predicted molar refractivity (Wildman–Crippen MR) is 72.2 cm³/mol. The lowest BCUT2D eigenvalue weighted by Gasteiger charge is -2.10. The molecule has 0 aliphatic heterocycles. The normalized spacial score (nSPS) is 12.4. The Morgan fingerprint density at radius 2 is 2.17 bits per heavy atom. The Kier molecular flexibility index (Phi) is 7.05. The van der Waals surface area contributed by atoms with Crippen LogP contribution in [-0.2, 0) is 11.3 Å². The van der Waals surface area contributed by atoms with Crippen LogP contribution >= 0.6 is 11.6 Å². The Bertz CT molecular complexity index is 360. The van der Waals surface area contributed by atoms with Crippen LogP contribution in [0, 0.1) is 0 Å². The molecule has 0 aromatic heterocycles. The summed E-state index contributed by atoms with van der Waals surface area (Å²) in [5, 5.41) is 13.3. The van der Waals surface area contributed by atoms with Gasteiger partial charge in [-0.05, 0) is 30.7 Å². The van der Waals surface area contributed by atoms with Crippen molar-refractivity contribution in [3.63, 3.8) is 0 Å². The molecule has 0 bridgehead atoms. The fourth-order valence-corrected chi connectivity index (χ4v) is 1.88. The van der Waals surface area contributed by atoms with Gasteiger partial charge in [0, 0.05) is 13.7 Å². The van der Waals surface area contributed by atoms with Crippen molar-refractivity contribution in [2.45, 2.75) is 19.1 Å². The topological polar surface area (TPSA) is 50.7 Å². The smallest absolute Gasteiger partial charge is 0.137 e. The molecule has 102 valence electrons. The highest BCUT2D eigenvalue weighted by molar-refractivity contribution is 6.32. The van der Waals surface area contributed by atoms with Gasteiger partial charge in [0.1, 0.15) is 5.75 Å². The van der Waals surface area contributed by atoms with Crippen molar-refractivity contribution in [2.75, 3.05) is 27.4 Å². The number of methoxy groups -OCH3 is 2. The standard InChI is InChI=1S/C13H20ClNO3/c1-17-9-11(16)5-6-15-8-10-3-4-13(18-2)12(14)7-10/h3-4,7,11,15-16H,5-6,8-9H2,1-2H3. The lowest BCUT2D eigenvalue weighted by molar-refractivity contribution is 0.0594. The number of rotatable bonds is 8. The average molecular weight is 274 g/mol. The maximum absolute atomic E-state index is 9.46. The Morgan fingerprint density at radius 3 is 2.78 bits per heavy atom. The van der Waals surface area contributed by atoms with Crippen LogP contribution in [0.2, 0.25) is 5.02 Å². The van der Waals surface area contributed by atoms with Gasteiger partial charge in [0.2, 0.25) is 0 Å².